The van der Waals surface area contributed by atoms with Gasteiger partial charge in [-0.2, -0.15) is 0 Å². The van der Waals surface area contributed by atoms with Crippen molar-refractivity contribution in [3.63, 3.8) is 0 Å². The number of ketones is 1. The van der Waals surface area contributed by atoms with Crippen molar-refractivity contribution in [3.05, 3.63) is 65.7 Å². The Morgan fingerprint density at radius 3 is 2.18 bits per heavy atom. The molecule has 4 heteroatoms. The first kappa shape index (κ1) is 15.8. The molecule has 0 aromatic heterocycles. The van der Waals surface area contributed by atoms with Gasteiger partial charge < -0.3 is 9.64 Å². The molecule has 0 aliphatic rings. The zero-order valence-electron chi connectivity index (χ0n) is 12.9. The number of rotatable bonds is 4. The lowest BCUT2D eigenvalue weighted by Crippen LogP contribution is -2.41. The highest BCUT2D eigenvalue weighted by Gasteiger charge is 2.24. The minimum Gasteiger partial charge on any atom is -0.410 e. The molecule has 0 saturated carbocycles. The summed E-state index contributed by atoms with van der Waals surface area (Å²) in [7, 11) is 1.56. The molecule has 0 radical (unpaired) electrons. The van der Waals surface area contributed by atoms with Crippen molar-refractivity contribution in [1.82, 2.24) is 4.90 Å². The second-order valence-corrected chi connectivity index (χ2v) is 5.20. The largest absolute Gasteiger partial charge is 0.415 e. The third-order valence-corrected chi connectivity index (χ3v) is 3.53. The van der Waals surface area contributed by atoms with Gasteiger partial charge in [0.15, 0.2) is 5.78 Å². The predicted octanol–water partition coefficient (Wildman–Crippen LogP) is 3.70. The first-order valence-electron chi connectivity index (χ1n) is 7.09. The fraction of sp³-hybridized carbons (Fsp3) is 0.222. The minimum atomic E-state index is -0.598. The molecule has 0 aliphatic heterocycles. The topological polar surface area (TPSA) is 46.6 Å². The van der Waals surface area contributed by atoms with Gasteiger partial charge in [-0.3, -0.25) is 4.79 Å². The number of hydrogen-bond acceptors (Lipinski definition) is 3. The molecule has 1 unspecified atom stereocenters. The first-order chi connectivity index (χ1) is 10.5. The zero-order valence-corrected chi connectivity index (χ0v) is 12.9. The Kier molecular flexibility index (Phi) is 4.94. The van der Waals surface area contributed by atoms with E-state index in [4.69, 9.17) is 4.74 Å². The van der Waals surface area contributed by atoms with Gasteiger partial charge in [0.25, 0.3) is 0 Å². The number of para-hydroxylation sites is 1. The third-order valence-electron chi connectivity index (χ3n) is 3.53. The Hall–Kier alpha value is -2.62. The van der Waals surface area contributed by atoms with Gasteiger partial charge in [0.05, 0.1) is 6.04 Å². The average molecular weight is 297 g/mol. The molecular formula is C18H19NO3. The number of carbonyl (C=O) groups is 2. The minimum absolute atomic E-state index is 0.118. The van der Waals surface area contributed by atoms with E-state index in [1.807, 2.05) is 25.1 Å². The maximum absolute atomic E-state index is 12.4. The maximum Gasteiger partial charge on any atom is 0.415 e. The van der Waals surface area contributed by atoms with E-state index in [9.17, 15) is 9.59 Å². The molecule has 0 aliphatic carbocycles. The number of likely N-dealkylation sites (N-methyl/N-ethyl adjacent to an activating group) is 1. The van der Waals surface area contributed by atoms with Crippen molar-refractivity contribution < 1.29 is 14.3 Å². The molecule has 0 N–H and O–H groups in total. The highest BCUT2D eigenvalue weighted by Crippen LogP contribution is 2.13. The highest BCUT2D eigenvalue weighted by atomic mass is 16.6. The van der Waals surface area contributed by atoms with E-state index in [2.05, 4.69) is 0 Å². The lowest BCUT2D eigenvalue weighted by atomic mass is 10.0. The molecule has 0 bridgehead atoms. The maximum atomic E-state index is 12.4. The van der Waals surface area contributed by atoms with Crippen molar-refractivity contribution in [2.75, 3.05) is 7.05 Å². The molecule has 0 fully saturated rings. The summed E-state index contributed by atoms with van der Waals surface area (Å²) in [5, 5.41) is 0. The monoisotopic (exact) mass is 297 g/mol. The standard InChI is InChI=1S/C18H19NO3/c1-13-9-11-15(12-10-13)17(20)14(2)19(3)18(21)22-16-7-5-4-6-8-16/h4-12,14H,1-3H3. The molecule has 0 saturated heterocycles. The lowest BCUT2D eigenvalue weighted by Gasteiger charge is -2.23. The van der Waals surface area contributed by atoms with Crippen molar-refractivity contribution in [2.24, 2.45) is 0 Å². The van der Waals surface area contributed by atoms with Crippen molar-refractivity contribution in [1.29, 1.82) is 0 Å². The zero-order chi connectivity index (χ0) is 16.1. The van der Waals surface area contributed by atoms with Crippen LogP contribution in [0.5, 0.6) is 5.75 Å². The Labute approximate surface area is 130 Å². The van der Waals surface area contributed by atoms with Crippen molar-refractivity contribution in [2.45, 2.75) is 19.9 Å². The molecule has 2 rings (SSSR count). The SMILES string of the molecule is Cc1ccc(C(=O)C(C)N(C)C(=O)Oc2ccccc2)cc1. The Morgan fingerprint density at radius 2 is 1.59 bits per heavy atom. The fourth-order valence-corrected chi connectivity index (χ4v) is 1.95. The molecule has 114 valence electrons. The number of benzene rings is 2. The summed E-state index contributed by atoms with van der Waals surface area (Å²) in [6.07, 6.45) is -0.556. The van der Waals surface area contributed by atoms with Crippen LogP contribution in [0.15, 0.2) is 54.6 Å². The average Bonchev–Trinajstić information content (AvgIpc) is 2.54. The van der Waals surface area contributed by atoms with Crippen LogP contribution in [0.25, 0.3) is 0 Å². The van der Waals surface area contributed by atoms with E-state index >= 15 is 0 Å². The number of hydrogen-bond donors (Lipinski definition) is 0. The number of aryl methyl sites for hydroxylation is 1. The summed E-state index contributed by atoms with van der Waals surface area (Å²) < 4.78 is 5.24. The lowest BCUT2D eigenvalue weighted by molar-refractivity contribution is 0.0854. The van der Waals surface area contributed by atoms with Crippen LogP contribution in [0.3, 0.4) is 0 Å². The first-order valence-corrected chi connectivity index (χ1v) is 7.09. The molecule has 1 amide bonds. The van der Waals surface area contributed by atoms with Crippen LogP contribution < -0.4 is 4.74 Å². The highest BCUT2D eigenvalue weighted by molar-refractivity contribution is 6.01. The van der Waals surface area contributed by atoms with Gasteiger partial charge in [-0.1, -0.05) is 48.0 Å². The fourth-order valence-electron chi connectivity index (χ4n) is 1.95. The van der Waals surface area contributed by atoms with E-state index in [0.29, 0.717) is 11.3 Å². The normalized spacial score (nSPS) is 11.6. The van der Waals surface area contributed by atoms with E-state index in [0.717, 1.165) is 5.56 Å². The summed E-state index contributed by atoms with van der Waals surface area (Å²) in [5.41, 5.74) is 1.67. The van der Waals surface area contributed by atoms with E-state index in [1.54, 1.807) is 50.4 Å². The molecule has 2 aromatic rings. The van der Waals surface area contributed by atoms with Crippen LogP contribution in [0.1, 0.15) is 22.8 Å². The summed E-state index contributed by atoms with van der Waals surface area (Å²) in [6.45, 7) is 3.65. The second kappa shape index (κ2) is 6.89. The van der Waals surface area contributed by atoms with E-state index < -0.39 is 12.1 Å². The molecule has 2 aromatic carbocycles. The van der Waals surface area contributed by atoms with Crippen LogP contribution >= 0.6 is 0 Å². The Morgan fingerprint density at radius 1 is 1.00 bits per heavy atom. The summed E-state index contributed by atoms with van der Waals surface area (Å²) in [4.78, 5) is 25.8. The van der Waals surface area contributed by atoms with Gasteiger partial charge in [-0.05, 0) is 26.0 Å². The number of nitrogens with zero attached hydrogens (tertiary/aromatic N) is 1. The third kappa shape index (κ3) is 3.73. The summed E-state index contributed by atoms with van der Waals surface area (Å²) >= 11 is 0. The van der Waals surface area contributed by atoms with Gasteiger partial charge in [0, 0.05) is 12.6 Å². The smallest absolute Gasteiger partial charge is 0.410 e. The van der Waals surface area contributed by atoms with Crippen LogP contribution in [-0.4, -0.2) is 29.9 Å². The quantitative estimate of drug-likeness (QED) is 0.808. The number of carbonyl (C=O) groups excluding carboxylic acids is 2. The number of ether oxygens (including phenoxy) is 1. The second-order valence-electron chi connectivity index (χ2n) is 5.20. The van der Waals surface area contributed by atoms with Crippen molar-refractivity contribution in [3.8, 4) is 5.75 Å². The van der Waals surface area contributed by atoms with Gasteiger partial charge >= 0.3 is 6.09 Å². The number of Topliss-reactive ketones (excluding diaryl/α,β-unsaturated/α-hetero) is 1. The summed E-state index contributed by atoms with van der Waals surface area (Å²) in [6, 6.07) is 15.5. The Balaban J connectivity index is 2.04. The van der Waals surface area contributed by atoms with Crippen LogP contribution in [0.4, 0.5) is 4.79 Å². The van der Waals surface area contributed by atoms with Gasteiger partial charge in [-0.25, -0.2) is 4.79 Å². The predicted molar refractivity (Wildman–Crippen MR) is 85.2 cm³/mol. The van der Waals surface area contributed by atoms with Crippen LogP contribution in [0, 0.1) is 6.92 Å². The molecule has 0 spiro atoms. The van der Waals surface area contributed by atoms with Gasteiger partial charge in [-0.15, -0.1) is 0 Å². The van der Waals surface area contributed by atoms with E-state index in [1.165, 1.54) is 4.90 Å². The molecular weight excluding hydrogens is 278 g/mol. The molecule has 22 heavy (non-hydrogen) atoms. The van der Waals surface area contributed by atoms with Crippen molar-refractivity contribution >= 4 is 11.9 Å². The van der Waals surface area contributed by atoms with Crippen LogP contribution in [-0.2, 0) is 0 Å². The number of amides is 1. The van der Waals surface area contributed by atoms with Gasteiger partial charge in [0.2, 0.25) is 0 Å². The molecule has 4 nitrogen and oxygen atoms in total. The molecule has 0 heterocycles. The van der Waals surface area contributed by atoms with Crippen LogP contribution in [0.2, 0.25) is 0 Å². The van der Waals surface area contributed by atoms with Gasteiger partial charge in [0.1, 0.15) is 5.75 Å². The Bertz CT molecular complexity index is 650. The van der Waals surface area contributed by atoms with E-state index in [-0.39, 0.29) is 5.78 Å². The molecule has 1 atom stereocenters. The summed E-state index contributed by atoms with van der Waals surface area (Å²) in [5.74, 6) is 0.335.